The summed E-state index contributed by atoms with van der Waals surface area (Å²) >= 11 is 0. The molecule has 1 saturated carbocycles. The number of likely N-dealkylation sites (tertiary alicyclic amines) is 1. The summed E-state index contributed by atoms with van der Waals surface area (Å²) in [5.41, 5.74) is 4.26. The van der Waals surface area contributed by atoms with Gasteiger partial charge >= 0.3 is 6.09 Å². The molecule has 3 aromatic carbocycles. The fourth-order valence-corrected chi connectivity index (χ4v) is 10.9. The number of carbonyl (C=O) groups excluding carboxylic acids is 2. The number of sulfone groups is 1. The number of benzene rings is 3. The molecule has 1 aliphatic carbocycles. The third kappa shape index (κ3) is 7.10. The summed E-state index contributed by atoms with van der Waals surface area (Å²) < 4.78 is 32.8. The highest BCUT2D eigenvalue weighted by Crippen LogP contribution is 2.54. The van der Waals surface area contributed by atoms with Crippen LogP contribution in [0.2, 0.25) is 0 Å². The molecule has 0 radical (unpaired) electrons. The van der Waals surface area contributed by atoms with Crippen LogP contribution in [0.4, 0.5) is 16.2 Å². The highest BCUT2D eigenvalue weighted by atomic mass is 32.2. The van der Waals surface area contributed by atoms with Gasteiger partial charge in [-0.1, -0.05) is 36.9 Å². The molecule has 3 atom stereocenters. The molecule has 3 aromatic rings. The number of nitrogens with zero attached hydrogens (tertiary/aromatic N) is 3. The Bertz CT molecular complexity index is 1890. The summed E-state index contributed by atoms with van der Waals surface area (Å²) in [5, 5.41) is 5.31. The van der Waals surface area contributed by atoms with Crippen molar-refractivity contribution in [3.8, 4) is 0 Å². The topological polar surface area (TPSA) is 111 Å². The molecule has 7 rings (SSSR count). The van der Waals surface area contributed by atoms with Crippen LogP contribution in [-0.4, -0.2) is 89.7 Å². The Morgan fingerprint density at radius 1 is 0.962 bits per heavy atom. The molecular weight excluding hydrogens is 675 g/mol. The lowest BCUT2D eigenvalue weighted by Crippen LogP contribution is -2.58. The zero-order valence-corrected chi connectivity index (χ0v) is 31.1. The number of hydrogen-bond acceptors (Lipinski definition) is 8. The van der Waals surface area contributed by atoms with E-state index in [0.717, 1.165) is 89.7 Å². The van der Waals surface area contributed by atoms with Gasteiger partial charge in [0.1, 0.15) is 6.10 Å². The second kappa shape index (κ2) is 15.0. The van der Waals surface area contributed by atoms with Crippen molar-refractivity contribution in [1.29, 1.82) is 0 Å². The van der Waals surface area contributed by atoms with E-state index in [0.29, 0.717) is 23.4 Å². The van der Waals surface area contributed by atoms with Gasteiger partial charge in [0.05, 0.1) is 9.79 Å². The van der Waals surface area contributed by atoms with Crippen LogP contribution < -0.4 is 15.5 Å². The first kappa shape index (κ1) is 36.2. The van der Waals surface area contributed by atoms with Crippen molar-refractivity contribution in [3.63, 3.8) is 0 Å². The smallest absolute Gasteiger partial charge is 0.407 e. The molecule has 11 heteroatoms. The van der Waals surface area contributed by atoms with E-state index >= 15 is 0 Å². The van der Waals surface area contributed by atoms with Gasteiger partial charge in [0, 0.05) is 68.4 Å². The molecule has 10 nitrogen and oxygen atoms in total. The number of anilines is 2. The predicted molar refractivity (Wildman–Crippen MR) is 203 cm³/mol. The Balaban J connectivity index is 0.975. The average molecular weight is 726 g/mol. The quantitative estimate of drug-likeness (QED) is 0.256. The maximum atomic E-state index is 13.4. The normalized spacial score (nSPS) is 24.5. The van der Waals surface area contributed by atoms with E-state index in [4.69, 9.17) is 4.74 Å². The van der Waals surface area contributed by atoms with E-state index < -0.39 is 15.7 Å². The Morgan fingerprint density at radius 2 is 1.71 bits per heavy atom. The number of alkyl carbamates (subject to hydrolysis) is 1. The summed E-state index contributed by atoms with van der Waals surface area (Å²) in [5.74, 6) is 0.963. The highest BCUT2D eigenvalue weighted by molar-refractivity contribution is 7.91. The van der Waals surface area contributed by atoms with Gasteiger partial charge in [-0.25, -0.2) is 13.2 Å². The lowest BCUT2D eigenvalue weighted by Gasteiger charge is -2.54. The van der Waals surface area contributed by atoms with Crippen molar-refractivity contribution in [2.75, 3.05) is 63.6 Å². The van der Waals surface area contributed by atoms with Crippen molar-refractivity contribution in [3.05, 3.63) is 96.6 Å². The number of fused-ring (bicyclic) bond motifs is 1. The molecule has 2 amide bonds. The minimum Gasteiger partial charge on any atom is -0.446 e. The van der Waals surface area contributed by atoms with Crippen LogP contribution in [0.3, 0.4) is 0 Å². The number of piperidine rings is 1. The monoisotopic (exact) mass is 725 g/mol. The van der Waals surface area contributed by atoms with Crippen LogP contribution in [0.25, 0.3) is 0 Å². The van der Waals surface area contributed by atoms with Crippen molar-refractivity contribution < 1.29 is 22.7 Å². The maximum Gasteiger partial charge on any atom is 0.407 e. The standard InChI is InChI=1S/C41H51N5O5S/c1-4-39(47)43-32-10-7-11-35(23-32)52(49,50)34-17-15-33(16-18-34)46-25-29(26-46)24-45-21-19-31(20-22-45)41(37-13-8-14-38(37)51-40(48)42-2)28-44(3)27-30-9-5-6-12-36(30)41/h4-7,9-12,15-18,23,29,31,37-38H,1,8,13-14,19-22,24-28H2,2-3H3,(H,42,48)(H,43,47). The second-order valence-electron chi connectivity index (χ2n) is 15.2. The molecule has 2 N–H and O–H groups in total. The molecule has 3 fully saturated rings. The van der Waals surface area contributed by atoms with Gasteiger partial charge in [0.25, 0.3) is 0 Å². The third-order valence-corrected chi connectivity index (χ3v) is 13.7. The van der Waals surface area contributed by atoms with Crippen molar-refractivity contribution >= 4 is 33.2 Å². The molecule has 3 heterocycles. The molecule has 3 unspecified atom stereocenters. The largest absolute Gasteiger partial charge is 0.446 e. The molecule has 276 valence electrons. The summed E-state index contributed by atoms with van der Waals surface area (Å²) in [7, 11) is 0.136. The van der Waals surface area contributed by atoms with Gasteiger partial charge in [0.2, 0.25) is 15.7 Å². The van der Waals surface area contributed by atoms with Crippen LogP contribution in [0.1, 0.15) is 43.2 Å². The third-order valence-electron chi connectivity index (χ3n) is 12.0. The van der Waals surface area contributed by atoms with Gasteiger partial charge in [0.15, 0.2) is 0 Å². The Morgan fingerprint density at radius 3 is 2.44 bits per heavy atom. The Labute approximate surface area is 308 Å². The number of likely N-dealkylation sites (N-methyl/N-ethyl adjacent to an activating group) is 1. The number of hydrogen-bond donors (Lipinski definition) is 2. The molecule has 2 saturated heterocycles. The van der Waals surface area contributed by atoms with Crippen LogP contribution in [0.15, 0.2) is 95.2 Å². The van der Waals surface area contributed by atoms with Crippen molar-refractivity contribution in [2.45, 2.75) is 60.0 Å². The Hall–Kier alpha value is -4.19. The number of ether oxygens (including phenoxy) is 1. The van der Waals surface area contributed by atoms with E-state index in [9.17, 15) is 18.0 Å². The van der Waals surface area contributed by atoms with Gasteiger partial charge < -0.3 is 30.1 Å². The highest BCUT2D eigenvalue weighted by Gasteiger charge is 2.55. The fraction of sp³-hybridized carbons (Fsp3) is 0.463. The van der Waals surface area contributed by atoms with Gasteiger partial charge in [-0.15, -0.1) is 0 Å². The van der Waals surface area contributed by atoms with E-state index in [1.165, 1.54) is 23.3 Å². The van der Waals surface area contributed by atoms with E-state index in [1.807, 2.05) is 12.1 Å². The molecule has 3 aliphatic heterocycles. The summed E-state index contributed by atoms with van der Waals surface area (Å²) in [6.07, 6.45) is 6.09. The lowest BCUT2D eigenvalue weighted by atomic mass is 9.56. The lowest BCUT2D eigenvalue weighted by molar-refractivity contribution is -0.111. The first-order valence-electron chi connectivity index (χ1n) is 18.6. The zero-order valence-electron chi connectivity index (χ0n) is 30.3. The minimum absolute atomic E-state index is 0.0535. The van der Waals surface area contributed by atoms with Crippen molar-refractivity contribution in [1.82, 2.24) is 15.1 Å². The number of amides is 2. The average Bonchev–Trinajstić information content (AvgIpc) is 3.61. The van der Waals surface area contributed by atoms with Crippen molar-refractivity contribution in [2.24, 2.45) is 17.8 Å². The van der Waals surface area contributed by atoms with E-state index in [2.05, 4.69) is 63.2 Å². The molecule has 0 spiro atoms. The van der Waals surface area contributed by atoms with Crippen LogP contribution >= 0.6 is 0 Å². The predicted octanol–water partition coefficient (Wildman–Crippen LogP) is 5.70. The van der Waals surface area contributed by atoms with Crippen LogP contribution in [0.5, 0.6) is 0 Å². The minimum atomic E-state index is -3.75. The van der Waals surface area contributed by atoms with Gasteiger partial charge in [-0.2, -0.15) is 0 Å². The second-order valence-corrected chi connectivity index (χ2v) is 17.1. The first-order chi connectivity index (χ1) is 25.1. The number of nitrogens with one attached hydrogen (secondary N) is 2. The molecule has 4 aliphatic rings. The Kier molecular flexibility index (Phi) is 10.5. The first-order valence-corrected chi connectivity index (χ1v) is 20.1. The number of carbonyl (C=O) groups is 2. The molecular formula is C41H51N5O5S. The fourth-order valence-electron chi connectivity index (χ4n) is 9.61. The molecule has 0 aromatic heterocycles. The maximum absolute atomic E-state index is 13.4. The molecule has 0 bridgehead atoms. The van der Waals surface area contributed by atoms with Crippen LogP contribution in [0, 0.1) is 17.8 Å². The van der Waals surface area contributed by atoms with Crippen LogP contribution in [-0.2, 0) is 31.3 Å². The van der Waals surface area contributed by atoms with E-state index in [-0.39, 0.29) is 27.4 Å². The SMILES string of the molecule is C=CC(=O)Nc1cccc(S(=O)(=O)c2ccc(N3CC(CN4CCC(C5(C6CCCC6OC(=O)NC)CN(C)Cc6ccccc65)CC4)C3)cc2)c1. The van der Waals surface area contributed by atoms with Gasteiger partial charge in [-0.3, -0.25) is 4.79 Å². The summed E-state index contributed by atoms with van der Waals surface area (Å²) in [6.45, 7) is 10.5. The summed E-state index contributed by atoms with van der Waals surface area (Å²) in [6, 6.07) is 22.4. The number of rotatable bonds is 10. The van der Waals surface area contributed by atoms with Gasteiger partial charge in [-0.05, 0) is 118 Å². The van der Waals surface area contributed by atoms with E-state index in [1.54, 1.807) is 31.3 Å². The zero-order chi connectivity index (χ0) is 36.5. The summed E-state index contributed by atoms with van der Waals surface area (Å²) in [4.78, 5) is 31.9. The molecule has 52 heavy (non-hydrogen) atoms.